The number of carboxylic acid groups (broad SMARTS) is 1. The van der Waals surface area contributed by atoms with Gasteiger partial charge in [-0.15, -0.1) is 0 Å². The molecule has 1 heterocycles. The number of anilines is 1. The normalized spacial score (nSPS) is 15.1. The minimum Gasteiger partial charge on any atom is -0.480 e. The summed E-state index contributed by atoms with van der Waals surface area (Å²) in [5.74, 6) is -3.94. The molecule has 3 N–H and O–H groups in total. The molecule has 1 unspecified atom stereocenters. The van der Waals surface area contributed by atoms with Gasteiger partial charge in [0.15, 0.2) is 11.7 Å². The van der Waals surface area contributed by atoms with Crippen LogP contribution in [-0.4, -0.2) is 40.9 Å². The van der Waals surface area contributed by atoms with Crippen LogP contribution in [0.15, 0.2) is 77.8 Å². The first-order chi connectivity index (χ1) is 17.7. The minimum atomic E-state index is -1.36. The van der Waals surface area contributed by atoms with Gasteiger partial charge in [0.2, 0.25) is 5.91 Å². The van der Waals surface area contributed by atoms with Crippen molar-refractivity contribution in [2.24, 2.45) is 16.8 Å². The number of aliphatic imine (C=N–C) groups is 1. The van der Waals surface area contributed by atoms with Crippen molar-refractivity contribution in [2.45, 2.75) is 26.3 Å². The number of Topliss-reactive ketones (excluding diaryl/α,β-unsaturated/α-hetero) is 1. The zero-order valence-corrected chi connectivity index (χ0v) is 20.5. The number of benzene rings is 3. The van der Waals surface area contributed by atoms with Crippen molar-refractivity contribution >= 4 is 41.2 Å². The number of ketones is 1. The van der Waals surface area contributed by atoms with Crippen LogP contribution in [0.2, 0.25) is 0 Å². The third-order valence-electron chi connectivity index (χ3n) is 6.02. The Labute approximate surface area is 214 Å². The average molecular weight is 498 g/mol. The van der Waals surface area contributed by atoms with Crippen LogP contribution < -0.4 is 10.6 Å². The number of rotatable bonds is 8. The zero-order valence-electron chi connectivity index (χ0n) is 20.5. The van der Waals surface area contributed by atoms with Crippen LogP contribution in [0, 0.1) is 11.8 Å². The predicted molar refractivity (Wildman–Crippen MR) is 141 cm³/mol. The maximum Gasteiger partial charge on any atom is 0.319 e. The zero-order chi connectivity index (χ0) is 26.5. The Morgan fingerprint density at radius 1 is 0.946 bits per heavy atom. The van der Waals surface area contributed by atoms with E-state index in [4.69, 9.17) is 0 Å². The first-order valence-corrected chi connectivity index (χ1v) is 12.0. The second-order valence-corrected chi connectivity index (χ2v) is 9.28. The van der Waals surface area contributed by atoms with Gasteiger partial charge in [0.25, 0.3) is 5.91 Å². The minimum absolute atomic E-state index is 0.118. The summed E-state index contributed by atoms with van der Waals surface area (Å²) in [5, 5.41) is 14.8. The Kier molecular flexibility index (Phi) is 7.57. The second-order valence-electron chi connectivity index (χ2n) is 9.28. The number of hydrogen-bond donors (Lipinski definition) is 3. The summed E-state index contributed by atoms with van der Waals surface area (Å²) in [4.78, 5) is 54.0. The van der Waals surface area contributed by atoms with Crippen LogP contribution in [0.5, 0.6) is 0 Å². The first-order valence-electron chi connectivity index (χ1n) is 12.0. The fraction of sp³-hybridized carbons (Fsp3) is 0.207. The summed E-state index contributed by atoms with van der Waals surface area (Å²) < 4.78 is 0. The van der Waals surface area contributed by atoms with E-state index in [0.29, 0.717) is 23.4 Å². The van der Waals surface area contributed by atoms with E-state index >= 15 is 0 Å². The monoisotopic (exact) mass is 497 g/mol. The average Bonchev–Trinajstić information content (AvgIpc) is 2.89. The van der Waals surface area contributed by atoms with Gasteiger partial charge >= 0.3 is 5.97 Å². The van der Waals surface area contributed by atoms with E-state index < -0.39 is 29.6 Å². The summed E-state index contributed by atoms with van der Waals surface area (Å²) in [5.41, 5.74) is 3.22. The van der Waals surface area contributed by atoms with Gasteiger partial charge in [-0.1, -0.05) is 56.3 Å². The van der Waals surface area contributed by atoms with Crippen molar-refractivity contribution in [3.05, 3.63) is 83.9 Å². The number of carbonyl (C=O) groups excluding carboxylic acids is 3. The molecular weight excluding hydrogens is 470 g/mol. The van der Waals surface area contributed by atoms with Crippen molar-refractivity contribution < 1.29 is 24.3 Å². The standard InChI is InChI=1S/C29H27N3O5/c1-17(2)14-25(32-27(34)20-10-8-19(9-11-20)18-6-4-3-5-7-18)28(35)31-21-12-13-24-22(15-21)26(33)23(16-30-24)29(36)37/h3-13,15-17,23,25H,14H2,1-2H3,(H,31,35)(H,32,34)(H,36,37)/t23?,25-/m0/s1. The van der Waals surface area contributed by atoms with E-state index in [1.807, 2.05) is 56.3 Å². The topological polar surface area (TPSA) is 125 Å². The fourth-order valence-corrected chi connectivity index (χ4v) is 4.11. The molecule has 37 heavy (non-hydrogen) atoms. The third-order valence-corrected chi connectivity index (χ3v) is 6.02. The number of nitrogens with one attached hydrogen (secondary N) is 2. The van der Waals surface area contributed by atoms with Crippen LogP contribution in [0.3, 0.4) is 0 Å². The van der Waals surface area contributed by atoms with E-state index in [1.165, 1.54) is 6.07 Å². The Balaban J connectivity index is 1.48. The lowest BCUT2D eigenvalue weighted by Crippen LogP contribution is -2.44. The number of nitrogens with zero attached hydrogens (tertiary/aromatic N) is 1. The Morgan fingerprint density at radius 3 is 2.27 bits per heavy atom. The molecule has 0 saturated carbocycles. The molecule has 0 aromatic heterocycles. The molecule has 0 aliphatic carbocycles. The predicted octanol–water partition coefficient (Wildman–Crippen LogP) is 4.74. The van der Waals surface area contributed by atoms with Crippen LogP contribution >= 0.6 is 0 Å². The highest BCUT2D eigenvalue weighted by Gasteiger charge is 2.31. The van der Waals surface area contributed by atoms with Crippen LogP contribution in [0.4, 0.5) is 11.4 Å². The maximum absolute atomic E-state index is 13.1. The summed E-state index contributed by atoms with van der Waals surface area (Å²) in [6.45, 7) is 3.89. The van der Waals surface area contributed by atoms with E-state index in [2.05, 4.69) is 15.6 Å². The van der Waals surface area contributed by atoms with Gasteiger partial charge in [-0.2, -0.15) is 0 Å². The highest BCUT2D eigenvalue weighted by molar-refractivity contribution is 6.22. The molecular formula is C29H27N3O5. The molecule has 3 aromatic rings. The highest BCUT2D eigenvalue weighted by atomic mass is 16.4. The first kappa shape index (κ1) is 25.5. The molecule has 8 heteroatoms. The highest BCUT2D eigenvalue weighted by Crippen LogP contribution is 2.29. The molecule has 188 valence electrons. The SMILES string of the molecule is CC(C)C[C@H](NC(=O)c1ccc(-c2ccccc2)cc1)C(=O)Nc1ccc2c(c1)C(=O)C(C(=O)O)C=N2. The molecule has 3 aromatic carbocycles. The Morgan fingerprint density at radius 2 is 1.62 bits per heavy atom. The molecule has 1 aliphatic heterocycles. The fourth-order valence-electron chi connectivity index (χ4n) is 4.11. The summed E-state index contributed by atoms with van der Waals surface area (Å²) in [7, 11) is 0. The smallest absolute Gasteiger partial charge is 0.319 e. The largest absolute Gasteiger partial charge is 0.480 e. The number of fused-ring (bicyclic) bond motifs is 1. The molecule has 0 fully saturated rings. The summed E-state index contributed by atoms with van der Waals surface area (Å²) in [6.07, 6.45) is 1.50. The number of aliphatic carboxylic acids is 1. The molecule has 0 spiro atoms. The quantitative estimate of drug-likeness (QED) is 0.388. The van der Waals surface area contributed by atoms with Crippen LogP contribution in [0.1, 0.15) is 41.0 Å². The van der Waals surface area contributed by atoms with Gasteiger partial charge in [0, 0.05) is 23.0 Å². The van der Waals surface area contributed by atoms with Gasteiger partial charge in [0.1, 0.15) is 6.04 Å². The van der Waals surface area contributed by atoms with Crippen molar-refractivity contribution in [2.75, 3.05) is 5.32 Å². The molecule has 1 aliphatic rings. The Hall–Kier alpha value is -4.59. The molecule has 0 radical (unpaired) electrons. The van der Waals surface area contributed by atoms with E-state index in [-0.39, 0.29) is 17.4 Å². The van der Waals surface area contributed by atoms with Gasteiger partial charge in [0.05, 0.1) is 5.69 Å². The van der Waals surface area contributed by atoms with Gasteiger partial charge in [-0.05, 0) is 53.8 Å². The second kappa shape index (κ2) is 11.0. The third kappa shape index (κ3) is 5.98. The lowest BCUT2D eigenvalue weighted by Gasteiger charge is -2.21. The van der Waals surface area contributed by atoms with Gasteiger partial charge < -0.3 is 15.7 Å². The van der Waals surface area contributed by atoms with E-state index in [0.717, 1.165) is 17.3 Å². The number of amides is 2. The van der Waals surface area contributed by atoms with Crippen molar-refractivity contribution in [1.29, 1.82) is 0 Å². The number of hydrogen-bond acceptors (Lipinski definition) is 5. The van der Waals surface area contributed by atoms with Crippen molar-refractivity contribution in [1.82, 2.24) is 5.32 Å². The summed E-state index contributed by atoms with van der Waals surface area (Å²) in [6, 6.07) is 20.7. The lowest BCUT2D eigenvalue weighted by molar-refractivity contribution is -0.137. The van der Waals surface area contributed by atoms with Crippen LogP contribution in [-0.2, 0) is 9.59 Å². The molecule has 8 nitrogen and oxygen atoms in total. The molecule has 4 rings (SSSR count). The summed E-state index contributed by atoms with van der Waals surface area (Å²) >= 11 is 0. The molecule has 0 saturated heterocycles. The van der Waals surface area contributed by atoms with Gasteiger partial charge in [-0.3, -0.25) is 24.2 Å². The van der Waals surface area contributed by atoms with E-state index in [9.17, 15) is 24.3 Å². The Bertz CT molecular complexity index is 1360. The van der Waals surface area contributed by atoms with E-state index in [1.54, 1.807) is 24.3 Å². The molecule has 2 amide bonds. The van der Waals surface area contributed by atoms with Gasteiger partial charge in [-0.25, -0.2) is 0 Å². The molecule has 0 bridgehead atoms. The van der Waals surface area contributed by atoms with Crippen LogP contribution in [0.25, 0.3) is 11.1 Å². The van der Waals surface area contributed by atoms with Crippen molar-refractivity contribution in [3.8, 4) is 11.1 Å². The number of carbonyl (C=O) groups is 4. The van der Waals surface area contributed by atoms with Crippen molar-refractivity contribution in [3.63, 3.8) is 0 Å². The number of carboxylic acids is 1. The lowest BCUT2D eigenvalue weighted by atomic mass is 9.94. The maximum atomic E-state index is 13.1. The molecule has 2 atom stereocenters.